The van der Waals surface area contributed by atoms with Crippen LogP contribution in [0.15, 0.2) is 123 Å². The summed E-state index contributed by atoms with van der Waals surface area (Å²) in [5, 5.41) is 12.1. The smallest absolute Gasteiger partial charge is 0.335 e. The maximum Gasteiger partial charge on any atom is 0.335 e. The molecule has 5 aromatic rings. The zero-order valence-electron chi connectivity index (χ0n) is 25.3. The van der Waals surface area contributed by atoms with E-state index in [2.05, 4.69) is 21.2 Å². The Morgan fingerprint density at radius 3 is 2.40 bits per heavy atom. The first kappa shape index (κ1) is 31.7. The molecule has 47 heavy (non-hydrogen) atoms. The number of carboxylic acids is 1. The third kappa shape index (κ3) is 6.81. The molecule has 4 aromatic carbocycles. The number of nitrogens with zero attached hydrogens (tertiary/aromatic N) is 2. The Labute approximate surface area is 281 Å². The van der Waals surface area contributed by atoms with Gasteiger partial charge in [0.15, 0.2) is 4.80 Å². The molecule has 1 aliphatic rings. The van der Waals surface area contributed by atoms with E-state index in [1.165, 1.54) is 23.5 Å². The first-order valence-electron chi connectivity index (χ1n) is 14.5. The van der Waals surface area contributed by atoms with Gasteiger partial charge >= 0.3 is 5.97 Å². The summed E-state index contributed by atoms with van der Waals surface area (Å²) in [6.07, 6.45) is 1.79. The largest absolute Gasteiger partial charge is 0.497 e. The number of carbonyl (C=O) groups is 2. The number of halogens is 1. The highest BCUT2D eigenvalue weighted by Gasteiger charge is 2.32. The molecule has 0 bridgehead atoms. The van der Waals surface area contributed by atoms with Gasteiger partial charge in [0.05, 0.1) is 39.0 Å². The zero-order valence-corrected chi connectivity index (χ0v) is 27.7. The Morgan fingerprint density at radius 2 is 1.74 bits per heavy atom. The number of anilines is 1. The summed E-state index contributed by atoms with van der Waals surface area (Å²) < 4.78 is 14.0. The van der Waals surface area contributed by atoms with Crippen molar-refractivity contribution in [3.63, 3.8) is 0 Å². The van der Waals surface area contributed by atoms with E-state index in [4.69, 9.17) is 19.6 Å². The van der Waals surface area contributed by atoms with E-state index in [9.17, 15) is 14.4 Å². The predicted octanol–water partition coefficient (Wildman–Crippen LogP) is 5.92. The molecule has 2 N–H and O–H groups in total. The summed E-state index contributed by atoms with van der Waals surface area (Å²) in [4.78, 5) is 44.1. The van der Waals surface area contributed by atoms with Crippen LogP contribution in [0.1, 0.15) is 40.0 Å². The van der Waals surface area contributed by atoms with Crippen molar-refractivity contribution in [3.8, 4) is 11.5 Å². The Morgan fingerprint density at radius 1 is 1.02 bits per heavy atom. The van der Waals surface area contributed by atoms with E-state index in [0.717, 1.165) is 16.7 Å². The highest BCUT2D eigenvalue weighted by molar-refractivity contribution is 9.10. The van der Waals surface area contributed by atoms with Crippen LogP contribution < -0.4 is 29.7 Å². The molecule has 11 heteroatoms. The highest BCUT2D eigenvalue weighted by Crippen LogP contribution is 2.32. The number of carbonyl (C=O) groups excluding carboxylic acids is 1. The third-order valence-corrected chi connectivity index (χ3v) is 9.18. The van der Waals surface area contributed by atoms with E-state index in [0.29, 0.717) is 42.3 Å². The van der Waals surface area contributed by atoms with Gasteiger partial charge in [-0.15, -0.1) is 0 Å². The van der Waals surface area contributed by atoms with Gasteiger partial charge in [-0.2, -0.15) is 0 Å². The lowest BCUT2D eigenvalue weighted by Gasteiger charge is -2.25. The van der Waals surface area contributed by atoms with Crippen molar-refractivity contribution in [1.82, 2.24) is 4.57 Å². The molecule has 0 aliphatic carbocycles. The van der Waals surface area contributed by atoms with Crippen molar-refractivity contribution >= 4 is 50.9 Å². The number of aromatic nitrogens is 1. The Balaban J connectivity index is 1.33. The molecule has 1 amide bonds. The monoisotopic (exact) mass is 709 g/mol. The topological polar surface area (TPSA) is 119 Å². The SMILES string of the molecule is COc1ccc([C@@H]2C(C(=O)Nc3ccccc3)=C(C)N=c3s/c(=C/c4ccc(OCc5ccc(C(=O)O)cc5)c(Br)c4)c(=O)n32)cc1. The van der Waals surface area contributed by atoms with Gasteiger partial charge in [-0.1, -0.05) is 59.9 Å². The second-order valence-corrected chi connectivity index (χ2v) is 12.5. The molecule has 0 saturated heterocycles. The molecule has 0 unspecified atom stereocenters. The van der Waals surface area contributed by atoms with Crippen molar-refractivity contribution in [3.05, 3.63) is 155 Å². The van der Waals surface area contributed by atoms with Crippen LogP contribution in [0.25, 0.3) is 6.08 Å². The number of carboxylic acid groups (broad SMARTS) is 1. The summed E-state index contributed by atoms with van der Waals surface area (Å²) in [5.74, 6) is -0.0742. The van der Waals surface area contributed by atoms with Gasteiger partial charge in [-0.3, -0.25) is 14.2 Å². The van der Waals surface area contributed by atoms with E-state index in [1.807, 2.05) is 42.5 Å². The molecule has 9 nitrogen and oxygen atoms in total. The van der Waals surface area contributed by atoms with Gasteiger partial charge in [-0.05, 0) is 94.2 Å². The number of rotatable bonds is 9. The lowest BCUT2D eigenvalue weighted by molar-refractivity contribution is -0.113. The van der Waals surface area contributed by atoms with Gasteiger partial charge in [0.1, 0.15) is 18.1 Å². The first-order valence-corrected chi connectivity index (χ1v) is 16.1. The fraction of sp³-hybridized carbons (Fsp3) is 0.111. The fourth-order valence-electron chi connectivity index (χ4n) is 5.21. The van der Waals surface area contributed by atoms with Crippen LogP contribution in [0.3, 0.4) is 0 Å². The number of fused-ring (bicyclic) bond motifs is 1. The molecule has 1 aromatic heterocycles. The molecule has 0 spiro atoms. The Hall–Kier alpha value is -5.26. The minimum absolute atomic E-state index is 0.210. The number of allylic oxidation sites excluding steroid dienone is 1. The standard InChI is InChI=1S/C36H28BrN3O6S/c1-21-31(33(41)39-26-6-4-3-5-7-26)32(24-13-15-27(45-2)16-14-24)40-34(42)30(47-36(40)38-21)19-23-10-17-29(28(37)18-23)46-20-22-8-11-25(12-9-22)35(43)44/h3-19,32H,20H2,1-2H3,(H,39,41)(H,43,44)/b30-19+/t32-/m1/s1. The number of benzene rings is 4. The molecule has 0 fully saturated rings. The number of amides is 1. The number of hydrogen-bond donors (Lipinski definition) is 2. The number of para-hydroxylation sites is 1. The lowest BCUT2D eigenvalue weighted by Crippen LogP contribution is -2.40. The second kappa shape index (κ2) is 13.6. The molecule has 1 aliphatic heterocycles. The molecular formula is C36H28BrN3O6S. The van der Waals surface area contributed by atoms with E-state index >= 15 is 0 Å². The summed E-state index contributed by atoms with van der Waals surface area (Å²) in [7, 11) is 1.58. The lowest BCUT2D eigenvalue weighted by atomic mass is 9.95. The average molecular weight is 711 g/mol. The van der Waals surface area contributed by atoms with Crippen molar-refractivity contribution < 1.29 is 24.2 Å². The molecule has 2 heterocycles. The maximum atomic E-state index is 14.1. The number of thiazole rings is 1. The van der Waals surface area contributed by atoms with Gasteiger partial charge < -0.3 is 19.9 Å². The van der Waals surface area contributed by atoms with Crippen LogP contribution in [-0.2, 0) is 11.4 Å². The van der Waals surface area contributed by atoms with Gasteiger partial charge in [-0.25, -0.2) is 9.79 Å². The molecule has 0 radical (unpaired) electrons. The summed E-state index contributed by atoms with van der Waals surface area (Å²) in [6, 6.07) is 27.8. The molecule has 6 rings (SSSR count). The van der Waals surface area contributed by atoms with Crippen molar-refractivity contribution in [2.45, 2.75) is 19.6 Å². The van der Waals surface area contributed by atoms with Crippen LogP contribution >= 0.6 is 27.3 Å². The van der Waals surface area contributed by atoms with Gasteiger partial charge in [0.25, 0.3) is 11.5 Å². The first-order chi connectivity index (χ1) is 22.7. The van der Waals surface area contributed by atoms with Crippen molar-refractivity contribution in [2.75, 3.05) is 12.4 Å². The Kier molecular flexibility index (Phi) is 9.19. The predicted molar refractivity (Wildman–Crippen MR) is 184 cm³/mol. The number of aromatic carboxylic acids is 1. The van der Waals surface area contributed by atoms with Gasteiger partial charge in [0, 0.05) is 5.69 Å². The maximum absolute atomic E-state index is 14.1. The average Bonchev–Trinajstić information content (AvgIpc) is 3.37. The normalized spacial score (nSPS) is 14.3. The number of nitrogens with one attached hydrogen (secondary N) is 1. The van der Waals surface area contributed by atoms with Crippen LogP contribution in [0.2, 0.25) is 0 Å². The zero-order chi connectivity index (χ0) is 33.1. The van der Waals surface area contributed by atoms with Crippen molar-refractivity contribution in [2.24, 2.45) is 4.99 Å². The highest BCUT2D eigenvalue weighted by atomic mass is 79.9. The minimum atomic E-state index is -0.983. The molecule has 236 valence electrons. The Bertz CT molecular complexity index is 2190. The number of methoxy groups -OCH3 is 1. The van der Waals surface area contributed by atoms with Crippen LogP contribution in [0.4, 0.5) is 5.69 Å². The molecule has 0 saturated carbocycles. The molecule has 1 atom stereocenters. The van der Waals surface area contributed by atoms with Crippen molar-refractivity contribution in [1.29, 1.82) is 0 Å². The van der Waals surface area contributed by atoms with Crippen LogP contribution in [0.5, 0.6) is 11.5 Å². The summed E-state index contributed by atoms with van der Waals surface area (Å²) >= 11 is 4.82. The summed E-state index contributed by atoms with van der Waals surface area (Å²) in [5.41, 5.74) is 3.80. The number of ether oxygens (including phenoxy) is 2. The quantitative estimate of drug-likeness (QED) is 0.196. The number of hydrogen-bond acceptors (Lipinski definition) is 7. The van der Waals surface area contributed by atoms with Crippen LogP contribution in [0, 0.1) is 0 Å². The van der Waals surface area contributed by atoms with Crippen LogP contribution in [-0.4, -0.2) is 28.7 Å². The third-order valence-electron chi connectivity index (χ3n) is 7.58. The minimum Gasteiger partial charge on any atom is -0.497 e. The second-order valence-electron chi connectivity index (χ2n) is 10.7. The van der Waals surface area contributed by atoms with E-state index < -0.39 is 12.0 Å². The van der Waals surface area contributed by atoms with Gasteiger partial charge in [0.2, 0.25) is 0 Å². The fourth-order valence-corrected chi connectivity index (χ4v) is 6.77. The van der Waals surface area contributed by atoms with E-state index in [1.54, 1.807) is 67.1 Å². The molecular weight excluding hydrogens is 682 g/mol. The van der Waals surface area contributed by atoms with E-state index in [-0.39, 0.29) is 23.6 Å². The summed E-state index contributed by atoms with van der Waals surface area (Å²) in [6.45, 7) is 2.03.